The molecule has 30 heavy (non-hydrogen) atoms. The van der Waals surface area contributed by atoms with Crippen molar-refractivity contribution in [2.24, 2.45) is 5.92 Å². The number of rotatable bonds is 2. The molecule has 1 amide bonds. The lowest BCUT2D eigenvalue weighted by Gasteiger charge is -2.37. The van der Waals surface area contributed by atoms with Crippen molar-refractivity contribution in [1.29, 1.82) is 0 Å². The number of aromatic nitrogens is 3. The zero-order chi connectivity index (χ0) is 20.9. The SMILES string of the molecule is Cc1nc(N)nc(N2CCCC(C(=O)N3CCOCC3)C2)c1C#Cc1cccnc1. The van der Waals surface area contributed by atoms with Crippen LogP contribution in [-0.2, 0) is 9.53 Å². The maximum absolute atomic E-state index is 13.0. The van der Waals surface area contributed by atoms with E-state index in [2.05, 4.69) is 31.7 Å². The van der Waals surface area contributed by atoms with Crippen molar-refractivity contribution < 1.29 is 9.53 Å². The zero-order valence-corrected chi connectivity index (χ0v) is 17.2. The van der Waals surface area contributed by atoms with Gasteiger partial charge >= 0.3 is 0 Å². The first-order valence-electron chi connectivity index (χ1n) is 10.3. The van der Waals surface area contributed by atoms with Gasteiger partial charge in [0.05, 0.1) is 30.4 Å². The smallest absolute Gasteiger partial charge is 0.227 e. The minimum Gasteiger partial charge on any atom is -0.378 e. The Bertz CT molecular complexity index is 963. The fraction of sp³-hybridized carbons (Fsp3) is 0.455. The first-order chi connectivity index (χ1) is 14.6. The molecule has 0 saturated carbocycles. The fourth-order valence-electron chi connectivity index (χ4n) is 3.94. The van der Waals surface area contributed by atoms with Gasteiger partial charge < -0.3 is 20.3 Å². The second-order valence-corrected chi connectivity index (χ2v) is 7.58. The molecule has 2 aliphatic rings. The number of anilines is 2. The third kappa shape index (κ3) is 4.52. The summed E-state index contributed by atoms with van der Waals surface area (Å²) in [6.07, 6.45) is 5.23. The highest BCUT2D eigenvalue weighted by atomic mass is 16.5. The minimum absolute atomic E-state index is 0.0625. The molecule has 4 heterocycles. The fourth-order valence-corrected chi connectivity index (χ4v) is 3.94. The van der Waals surface area contributed by atoms with Crippen molar-refractivity contribution in [3.05, 3.63) is 41.3 Å². The van der Waals surface area contributed by atoms with Gasteiger partial charge in [-0.1, -0.05) is 11.8 Å². The van der Waals surface area contributed by atoms with Crippen LogP contribution in [0.5, 0.6) is 0 Å². The molecule has 0 bridgehead atoms. The second kappa shape index (κ2) is 9.09. The van der Waals surface area contributed by atoms with E-state index in [0.29, 0.717) is 38.7 Å². The lowest BCUT2D eigenvalue weighted by molar-refractivity contribution is -0.139. The molecule has 4 rings (SSSR count). The van der Waals surface area contributed by atoms with Crippen molar-refractivity contribution in [2.75, 3.05) is 50.0 Å². The number of aryl methyl sites for hydroxylation is 1. The Morgan fingerprint density at radius 1 is 1.23 bits per heavy atom. The highest BCUT2D eigenvalue weighted by Gasteiger charge is 2.31. The van der Waals surface area contributed by atoms with Crippen LogP contribution >= 0.6 is 0 Å². The summed E-state index contributed by atoms with van der Waals surface area (Å²) in [5, 5.41) is 0. The Morgan fingerprint density at radius 3 is 2.83 bits per heavy atom. The van der Waals surface area contributed by atoms with Crippen molar-refractivity contribution in [1.82, 2.24) is 19.9 Å². The molecule has 0 aromatic carbocycles. The van der Waals surface area contributed by atoms with Gasteiger partial charge in [0.1, 0.15) is 5.82 Å². The molecule has 2 aromatic heterocycles. The van der Waals surface area contributed by atoms with Crippen molar-refractivity contribution in [2.45, 2.75) is 19.8 Å². The molecular formula is C22H26N6O2. The third-order valence-electron chi connectivity index (χ3n) is 5.47. The summed E-state index contributed by atoms with van der Waals surface area (Å²) in [5.74, 6) is 7.40. The van der Waals surface area contributed by atoms with E-state index in [-0.39, 0.29) is 17.8 Å². The van der Waals surface area contributed by atoms with Crippen LogP contribution in [0.25, 0.3) is 0 Å². The van der Waals surface area contributed by atoms with Crippen molar-refractivity contribution in [3.63, 3.8) is 0 Å². The summed E-state index contributed by atoms with van der Waals surface area (Å²) >= 11 is 0. The second-order valence-electron chi connectivity index (χ2n) is 7.58. The Labute approximate surface area is 176 Å². The number of carbonyl (C=O) groups is 1. The molecule has 2 N–H and O–H groups in total. The standard InChI is InChI=1S/C22H26N6O2/c1-16-19(7-6-17-4-2-8-24-14-17)20(26-22(23)25-16)28-9-3-5-18(15-28)21(29)27-10-12-30-13-11-27/h2,4,8,14,18H,3,5,9-13,15H2,1H3,(H2,23,25,26). The van der Waals surface area contributed by atoms with Crippen LogP contribution in [0.1, 0.15) is 29.7 Å². The van der Waals surface area contributed by atoms with Crippen LogP contribution in [-0.4, -0.2) is 65.2 Å². The number of hydrogen-bond donors (Lipinski definition) is 1. The van der Waals surface area contributed by atoms with Gasteiger partial charge in [0.2, 0.25) is 11.9 Å². The van der Waals surface area contributed by atoms with E-state index in [4.69, 9.17) is 10.5 Å². The number of ether oxygens (including phenoxy) is 1. The van der Waals surface area contributed by atoms with Gasteiger partial charge in [-0.3, -0.25) is 9.78 Å². The molecule has 1 unspecified atom stereocenters. The molecule has 2 saturated heterocycles. The van der Waals surface area contributed by atoms with Gasteiger partial charge in [0.25, 0.3) is 0 Å². The van der Waals surface area contributed by atoms with Crippen LogP contribution in [0.2, 0.25) is 0 Å². The molecule has 156 valence electrons. The Balaban J connectivity index is 1.59. The van der Waals surface area contributed by atoms with E-state index in [9.17, 15) is 4.79 Å². The predicted octanol–water partition coefficient (Wildman–Crippen LogP) is 1.24. The molecule has 0 aliphatic carbocycles. The maximum Gasteiger partial charge on any atom is 0.227 e. The first kappa shape index (κ1) is 20.1. The highest BCUT2D eigenvalue weighted by Crippen LogP contribution is 2.27. The summed E-state index contributed by atoms with van der Waals surface area (Å²) < 4.78 is 5.38. The number of amides is 1. The van der Waals surface area contributed by atoms with E-state index in [1.165, 1.54) is 0 Å². The third-order valence-corrected chi connectivity index (χ3v) is 5.47. The number of hydrogen-bond acceptors (Lipinski definition) is 7. The molecule has 0 spiro atoms. The van der Waals surface area contributed by atoms with Gasteiger partial charge in [-0.15, -0.1) is 0 Å². The van der Waals surface area contributed by atoms with Crippen molar-refractivity contribution in [3.8, 4) is 11.8 Å². The maximum atomic E-state index is 13.0. The summed E-state index contributed by atoms with van der Waals surface area (Å²) in [4.78, 5) is 30.0. The van der Waals surface area contributed by atoms with Crippen LogP contribution in [0.4, 0.5) is 11.8 Å². The number of morpholine rings is 1. The normalized spacial score (nSPS) is 19.2. The molecule has 8 nitrogen and oxygen atoms in total. The number of pyridine rings is 1. The minimum atomic E-state index is -0.0625. The monoisotopic (exact) mass is 406 g/mol. The van der Waals surface area contributed by atoms with Crippen LogP contribution in [0.15, 0.2) is 24.5 Å². The predicted molar refractivity (Wildman–Crippen MR) is 114 cm³/mol. The number of piperidine rings is 1. The Hall–Kier alpha value is -3.18. The number of nitrogen functional groups attached to an aromatic ring is 1. The molecular weight excluding hydrogens is 380 g/mol. The number of nitrogens with zero attached hydrogens (tertiary/aromatic N) is 5. The topological polar surface area (TPSA) is 97.5 Å². The van der Waals surface area contributed by atoms with E-state index in [0.717, 1.165) is 36.2 Å². The highest BCUT2D eigenvalue weighted by molar-refractivity contribution is 5.80. The van der Waals surface area contributed by atoms with Gasteiger partial charge in [0, 0.05) is 44.1 Å². The van der Waals surface area contributed by atoms with E-state index in [1.54, 1.807) is 12.4 Å². The van der Waals surface area contributed by atoms with Crippen LogP contribution in [0, 0.1) is 24.7 Å². The largest absolute Gasteiger partial charge is 0.378 e. The van der Waals surface area contributed by atoms with E-state index in [1.807, 2.05) is 24.0 Å². The molecule has 0 radical (unpaired) electrons. The Kier molecular flexibility index (Phi) is 6.10. The molecule has 2 aromatic rings. The van der Waals surface area contributed by atoms with E-state index >= 15 is 0 Å². The molecule has 2 fully saturated rings. The average molecular weight is 406 g/mol. The first-order valence-corrected chi connectivity index (χ1v) is 10.3. The van der Waals surface area contributed by atoms with E-state index < -0.39 is 0 Å². The Morgan fingerprint density at radius 2 is 2.07 bits per heavy atom. The molecule has 2 aliphatic heterocycles. The summed E-state index contributed by atoms with van der Waals surface area (Å²) in [6, 6.07) is 3.76. The van der Waals surface area contributed by atoms with Crippen LogP contribution < -0.4 is 10.6 Å². The van der Waals surface area contributed by atoms with Gasteiger partial charge in [0.15, 0.2) is 0 Å². The summed E-state index contributed by atoms with van der Waals surface area (Å²) in [7, 11) is 0. The number of carbonyl (C=O) groups excluding carboxylic acids is 1. The lowest BCUT2D eigenvalue weighted by atomic mass is 9.96. The summed E-state index contributed by atoms with van der Waals surface area (Å²) in [5.41, 5.74) is 8.25. The van der Waals surface area contributed by atoms with Gasteiger partial charge in [-0.25, -0.2) is 4.98 Å². The molecule has 8 heteroatoms. The van der Waals surface area contributed by atoms with Crippen molar-refractivity contribution >= 4 is 17.7 Å². The lowest BCUT2D eigenvalue weighted by Crippen LogP contribution is -2.48. The zero-order valence-electron chi connectivity index (χ0n) is 17.2. The van der Waals surface area contributed by atoms with Gasteiger partial charge in [-0.05, 0) is 31.9 Å². The molecule has 1 atom stereocenters. The summed E-state index contributed by atoms with van der Waals surface area (Å²) in [6.45, 7) is 5.84. The quantitative estimate of drug-likeness (QED) is 0.750. The van der Waals surface area contributed by atoms with Gasteiger partial charge in [-0.2, -0.15) is 4.98 Å². The van der Waals surface area contributed by atoms with Crippen LogP contribution in [0.3, 0.4) is 0 Å². The average Bonchev–Trinajstić information content (AvgIpc) is 2.79. The number of nitrogens with two attached hydrogens (primary N) is 1.